The predicted molar refractivity (Wildman–Crippen MR) is 54.7 cm³/mol. The lowest BCUT2D eigenvalue weighted by atomic mass is 10.2. The fourth-order valence-corrected chi connectivity index (χ4v) is 1.27. The zero-order valence-electron chi connectivity index (χ0n) is 7.61. The highest BCUT2D eigenvalue weighted by molar-refractivity contribution is 6.16. The number of alkyl halides is 1. The van der Waals surface area contributed by atoms with E-state index in [1.165, 1.54) is 12.1 Å². The number of phenols is 2. The lowest BCUT2D eigenvalue weighted by molar-refractivity contribution is 0.404. The summed E-state index contributed by atoms with van der Waals surface area (Å²) in [5, 5.41) is 25.0. The number of phenolic OH excluding ortho intramolecular Hbond substituents is 2. The van der Waals surface area contributed by atoms with E-state index in [1.54, 1.807) is 6.07 Å². The fourth-order valence-electron chi connectivity index (χ4n) is 1.15. The summed E-state index contributed by atoms with van der Waals surface area (Å²) < 4.78 is 0. The molecule has 5 nitrogen and oxygen atoms in total. The summed E-state index contributed by atoms with van der Waals surface area (Å²) in [5.74, 6) is 0.855. The van der Waals surface area contributed by atoms with Crippen LogP contribution in [-0.2, 0) is 5.88 Å². The molecule has 6 heteroatoms. The molecule has 2 rings (SSSR count). The Labute approximate surface area is 90.4 Å². The molecule has 1 aromatic carbocycles. The zero-order valence-corrected chi connectivity index (χ0v) is 8.36. The van der Waals surface area contributed by atoms with Crippen LogP contribution in [-0.4, -0.2) is 25.4 Å². The number of benzene rings is 1. The molecule has 0 spiro atoms. The van der Waals surface area contributed by atoms with Crippen molar-refractivity contribution in [2.75, 3.05) is 0 Å². The topological polar surface area (TPSA) is 82.0 Å². The largest absolute Gasteiger partial charge is 0.504 e. The SMILES string of the molecule is Oc1ccc(-c2n[nH]c(CCl)n2)cc1O. The molecule has 0 atom stereocenters. The van der Waals surface area contributed by atoms with Crippen LogP contribution in [0.4, 0.5) is 0 Å². The van der Waals surface area contributed by atoms with Crippen molar-refractivity contribution >= 4 is 11.6 Å². The van der Waals surface area contributed by atoms with Gasteiger partial charge in [-0.25, -0.2) is 4.98 Å². The van der Waals surface area contributed by atoms with Gasteiger partial charge in [0.15, 0.2) is 17.3 Å². The Morgan fingerprint density at radius 2 is 2.07 bits per heavy atom. The normalized spacial score (nSPS) is 10.5. The van der Waals surface area contributed by atoms with Gasteiger partial charge in [-0.05, 0) is 18.2 Å². The first-order valence-corrected chi connectivity index (χ1v) is 4.74. The molecule has 0 saturated carbocycles. The number of nitrogens with zero attached hydrogens (tertiary/aromatic N) is 2. The molecule has 0 aliphatic heterocycles. The minimum absolute atomic E-state index is 0.174. The van der Waals surface area contributed by atoms with Gasteiger partial charge in [0.2, 0.25) is 0 Å². The summed E-state index contributed by atoms with van der Waals surface area (Å²) >= 11 is 5.56. The van der Waals surface area contributed by atoms with Crippen molar-refractivity contribution in [1.82, 2.24) is 15.2 Å². The van der Waals surface area contributed by atoms with Gasteiger partial charge in [0.05, 0.1) is 5.88 Å². The number of aromatic amines is 1. The van der Waals surface area contributed by atoms with Crippen molar-refractivity contribution in [3.8, 4) is 22.9 Å². The van der Waals surface area contributed by atoms with Gasteiger partial charge in [-0.2, -0.15) is 5.10 Å². The minimum Gasteiger partial charge on any atom is -0.504 e. The van der Waals surface area contributed by atoms with E-state index in [0.717, 1.165) is 0 Å². The van der Waals surface area contributed by atoms with E-state index >= 15 is 0 Å². The molecule has 0 fully saturated rings. The first-order chi connectivity index (χ1) is 7.20. The Hall–Kier alpha value is -1.75. The van der Waals surface area contributed by atoms with Gasteiger partial charge in [0, 0.05) is 5.56 Å². The third-order valence-electron chi connectivity index (χ3n) is 1.89. The molecule has 0 bridgehead atoms. The summed E-state index contributed by atoms with van der Waals surface area (Å²) in [6.45, 7) is 0. The van der Waals surface area contributed by atoms with E-state index in [1.807, 2.05) is 0 Å². The van der Waals surface area contributed by atoms with Gasteiger partial charge in [-0.3, -0.25) is 5.10 Å². The highest BCUT2D eigenvalue weighted by atomic mass is 35.5. The van der Waals surface area contributed by atoms with Gasteiger partial charge in [-0.15, -0.1) is 11.6 Å². The van der Waals surface area contributed by atoms with Crippen LogP contribution in [0.25, 0.3) is 11.4 Å². The average Bonchev–Trinajstić information content (AvgIpc) is 2.70. The fraction of sp³-hybridized carbons (Fsp3) is 0.111. The quantitative estimate of drug-likeness (QED) is 0.536. The Morgan fingerprint density at radius 1 is 1.27 bits per heavy atom. The molecule has 78 valence electrons. The first kappa shape index (κ1) is 9.79. The number of aromatic nitrogens is 3. The molecular weight excluding hydrogens is 218 g/mol. The molecule has 0 aliphatic rings. The number of nitrogens with one attached hydrogen (secondary N) is 1. The van der Waals surface area contributed by atoms with Crippen LogP contribution in [0.2, 0.25) is 0 Å². The second kappa shape index (κ2) is 3.78. The second-order valence-electron chi connectivity index (χ2n) is 2.94. The Bertz CT molecular complexity index is 484. The lowest BCUT2D eigenvalue weighted by Gasteiger charge is -1.98. The molecule has 0 aliphatic carbocycles. The highest BCUT2D eigenvalue weighted by Gasteiger charge is 2.07. The van der Waals surface area contributed by atoms with Crippen molar-refractivity contribution in [1.29, 1.82) is 0 Å². The van der Waals surface area contributed by atoms with Crippen LogP contribution >= 0.6 is 11.6 Å². The molecule has 3 N–H and O–H groups in total. The van der Waals surface area contributed by atoms with Gasteiger partial charge in [0.1, 0.15) is 5.82 Å². The van der Waals surface area contributed by atoms with Crippen molar-refractivity contribution < 1.29 is 10.2 Å². The maximum absolute atomic E-state index is 9.28. The number of hydrogen-bond acceptors (Lipinski definition) is 4. The smallest absolute Gasteiger partial charge is 0.181 e. The van der Waals surface area contributed by atoms with E-state index in [4.69, 9.17) is 16.7 Å². The van der Waals surface area contributed by atoms with Gasteiger partial charge in [0.25, 0.3) is 0 Å². The molecule has 0 amide bonds. The molecule has 0 radical (unpaired) electrons. The summed E-state index contributed by atoms with van der Waals surface area (Å²) in [5.41, 5.74) is 0.609. The highest BCUT2D eigenvalue weighted by Crippen LogP contribution is 2.28. The van der Waals surface area contributed by atoms with Crippen molar-refractivity contribution in [2.24, 2.45) is 0 Å². The van der Waals surface area contributed by atoms with Crippen LogP contribution in [0, 0.1) is 0 Å². The zero-order chi connectivity index (χ0) is 10.8. The first-order valence-electron chi connectivity index (χ1n) is 4.20. The van der Waals surface area contributed by atoms with Crippen LogP contribution < -0.4 is 0 Å². The van der Waals surface area contributed by atoms with E-state index in [9.17, 15) is 5.11 Å². The summed E-state index contributed by atoms with van der Waals surface area (Å²) in [4.78, 5) is 4.08. The van der Waals surface area contributed by atoms with Crippen LogP contribution in [0.5, 0.6) is 11.5 Å². The second-order valence-corrected chi connectivity index (χ2v) is 3.21. The number of aromatic hydroxyl groups is 2. The molecule has 0 unspecified atom stereocenters. The van der Waals surface area contributed by atoms with Crippen molar-refractivity contribution in [3.63, 3.8) is 0 Å². The van der Waals surface area contributed by atoms with Crippen molar-refractivity contribution in [2.45, 2.75) is 5.88 Å². The molecule has 0 saturated heterocycles. The third kappa shape index (κ3) is 1.87. The molecular formula is C9H8ClN3O2. The lowest BCUT2D eigenvalue weighted by Crippen LogP contribution is -1.81. The van der Waals surface area contributed by atoms with E-state index in [0.29, 0.717) is 17.2 Å². The summed E-state index contributed by atoms with van der Waals surface area (Å²) in [6.07, 6.45) is 0. The maximum atomic E-state index is 9.28. The van der Waals surface area contributed by atoms with Gasteiger partial charge in [-0.1, -0.05) is 0 Å². The minimum atomic E-state index is -0.204. The number of rotatable bonds is 2. The summed E-state index contributed by atoms with van der Waals surface area (Å²) in [7, 11) is 0. The number of hydrogen-bond donors (Lipinski definition) is 3. The maximum Gasteiger partial charge on any atom is 0.181 e. The predicted octanol–water partition coefficient (Wildman–Crippen LogP) is 1.62. The third-order valence-corrected chi connectivity index (χ3v) is 2.15. The number of halogens is 1. The van der Waals surface area contributed by atoms with E-state index < -0.39 is 0 Å². The van der Waals surface area contributed by atoms with E-state index in [-0.39, 0.29) is 17.4 Å². The molecule has 1 aromatic heterocycles. The summed E-state index contributed by atoms with van der Waals surface area (Å²) in [6, 6.07) is 4.37. The van der Waals surface area contributed by atoms with Gasteiger partial charge < -0.3 is 10.2 Å². The Balaban J connectivity index is 2.40. The monoisotopic (exact) mass is 225 g/mol. The molecule has 15 heavy (non-hydrogen) atoms. The average molecular weight is 226 g/mol. The van der Waals surface area contributed by atoms with Crippen LogP contribution in [0.1, 0.15) is 5.82 Å². The van der Waals surface area contributed by atoms with Crippen molar-refractivity contribution in [3.05, 3.63) is 24.0 Å². The molecule has 1 heterocycles. The van der Waals surface area contributed by atoms with Gasteiger partial charge >= 0.3 is 0 Å². The Morgan fingerprint density at radius 3 is 2.67 bits per heavy atom. The Kier molecular flexibility index (Phi) is 2.47. The standard InChI is InChI=1S/C9H8ClN3O2/c10-4-8-11-9(13-12-8)5-1-2-6(14)7(15)3-5/h1-3,14-15H,4H2,(H,11,12,13). The van der Waals surface area contributed by atoms with Crippen LogP contribution in [0.15, 0.2) is 18.2 Å². The van der Waals surface area contributed by atoms with Crippen LogP contribution in [0.3, 0.4) is 0 Å². The number of H-pyrrole nitrogens is 1. The van der Waals surface area contributed by atoms with E-state index in [2.05, 4.69) is 15.2 Å². The molecule has 2 aromatic rings.